The summed E-state index contributed by atoms with van der Waals surface area (Å²) in [4.78, 5) is 1.68. The zero-order valence-electron chi connectivity index (χ0n) is 14.4. The number of ether oxygens (including phenoxy) is 2. The van der Waals surface area contributed by atoms with Gasteiger partial charge in [0.2, 0.25) is 0 Å². The number of halogens is 3. The molecular formula is C18H18F3NO4S. The lowest BCUT2D eigenvalue weighted by atomic mass is 10.1. The highest BCUT2D eigenvalue weighted by atomic mass is 32.2. The fourth-order valence-electron chi connectivity index (χ4n) is 2.91. The molecule has 0 radical (unpaired) electrons. The summed E-state index contributed by atoms with van der Waals surface area (Å²) in [5, 5.41) is 0. The average Bonchev–Trinajstić information content (AvgIpc) is 2.61. The number of morpholine rings is 1. The van der Waals surface area contributed by atoms with Crippen LogP contribution in [0, 0.1) is 5.82 Å². The van der Waals surface area contributed by atoms with Gasteiger partial charge in [-0.25, -0.2) is 12.8 Å². The Balaban J connectivity index is 1.76. The van der Waals surface area contributed by atoms with E-state index in [9.17, 15) is 21.6 Å². The van der Waals surface area contributed by atoms with E-state index >= 15 is 0 Å². The lowest BCUT2D eigenvalue weighted by molar-refractivity contribution is -0.0498. The summed E-state index contributed by atoms with van der Waals surface area (Å²) >= 11 is 0. The molecule has 0 amide bonds. The van der Waals surface area contributed by atoms with Crippen LogP contribution in [0.3, 0.4) is 0 Å². The first-order valence-electron chi connectivity index (χ1n) is 8.15. The van der Waals surface area contributed by atoms with Crippen LogP contribution in [-0.4, -0.2) is 41.0 Å². The van der Waals surface area contributed by atoms with Crippen LogP contribution in [0.15, 0.2) is 47.4 Å². The Kier molecular flexibility index (Phi) is 5.61. The van der Waals surface area contributed by atoms with E-state index in [4.69, 9.17) is 4.74 Å². The lowest BCUT2D eigenvalue weighted by Gasteiger charge is -2.35. The minimum atomic E-state index is -3.49. The van der Waals surface area contributed by atoms with E-state index in [0.717, 1.165) is 17.9 Å². The Morgan fingerprint density at radius 1 is 1.19 bits per heavy atom. The topological polar surface area (TPSA) is 55.8 Å². The van der Waals surface area contributed by atoms with Gasteiger partial charge in [0.25, 0.3) is 0 Å². The number of rotatable bonds is 5. The molecule has 1 aliphatic rings. The summed E-state index contributed by atoms with van der Waals surface area (Å²) in [5.74, 6) is -0.580. The monoisotopic (exact) mass is 401 g/mol. The highest BCUT2D eigenvalue weighted by Gasteiger charge is 2.25. The van der Waals surface area contributed by atoms with Crippen molar-refractivity contribution in [3.8, 4) is 5.75 Å². The van der Waals surface area contributed by atoms with Crippen LogP contribution < -0.4 is 9.64 Å². The van der Waals surface area contributed by atoms with Crippen molar-refractivity contribution in [2.75, 3.05) is 30.9 Å². The molecule has 1 fully saturated rings. The first kappa shape index (κ1) is 19.5. The molecule has 1 heterocycles. The van der Waals surface area contributed by atoms with E-state index in [2.05, 4.69) is 4.74 Å². The van der Waals surface area contributed by atoms with Crippen molar-refractivity contribution in [1.29, 1.82) is 0 Å². The highest BCUT2D eigenvalue weighted by Crippen LogP contribution is 2.30. The van der Waals surface area contributed by atoms with E-state index in [-0.39, 0.29) is 22.4 Å². The first-order valence-corrected chi connectivity index (χ1v) is 10.0. The van der Waals surface area contributed by atoms with Crippen molar-refractivity contribution in [1.82, 2.24) is 0 Å². The standard InChI is InChI=1S/C18H18F3NO4S/c1-27(23,24)14-6-7-16(15(19)10-14)22-8-9-25-17(11-22)12-2-4-13(5-3-12)26-18(20)21/h2-7,10,17-18H,8-9,11H2,1H3. The Morgan fingerprint density at radius 3 is 2.48 bits per heavy atom. The number of anilines is 1. The quantitative estimate of drug-likeness (QED) is 0.769. The maximum atomic E-state index is 14.4. The molecule has 1 unspecified atom stereocenters. The lowest BCUT2D eigenvalue weighted by Crippen LogP contribution is -2.38. The Hall–Kier alpha value is -2.26. The zero-order chi connectivity index (χ0) is 19.6. The van der Waals surface area contributed by atoms with Crippen LogP contribution in [0.2, 0.25) is 0 Å². The fraction of sp³-hybridized carbons (Fsp3) is 0.333. The van der Waals surface area contributed by atoms with Crippen LogP contribution in [0.5, 0.6) is 5.75 Å². The van der Waals surface area contributed by atoms with Gasteiger partial charge in [-0.1, -0.05) is 12.1 Å². The van der Waals surface area contributed by atoms with Gasteiger partial charge in [-0.2, -0.15) is 8.78 Å². The van der Waals surface area contributed by atoms with Crippen molar-refractivity contribution < 1.29 is 31.1 Å². The molecule has 9 heteroatoms. The molecule has 0 aromatic heterocycles. The summed E-state index contributed by atoms with van der Waals surface area (Å²) in [6.07, 6.45) is 0.640. The number of benzene rings is 2. The highest BCUT2D eigenvalue weighted by molar-refractivity contribution is 7.90. The van der Waals surface area contributed by atoms with E-state index in [1.54, 1.807) is 17.0 Å². The Morgan fingerprint density at radius 2 is 1.89 bits per heavy atom. The van der Waals surface area contributed by atoms with E-state index in [0.29, 0.717) is 19.7 Å². The normalized spacial score (nSPS) is 18.0. The van der Waals surface area contributed by atoms with Crippen LogP contribution in [0.4, 0.5) is 18.9 Å². The van der Waals surface area contributed by atoms with Gasteiger partial charge in [0.15, 0.2) is 9.84 Å². The predicted molar refractivity (Wildman–Crippen MR) is 93.5 cm³/mol. The van der Waals surface area contributed by atoms with Crippen LogP contribution in [0.25, 0.3) is 0 Å². The van der Waals surface area contributed by atoms with Crippen molar-refractivity contribution in [2.45, 2.75) is 17.6 Å². The molecular weight excluding hydrogens is 383 g/mol. The Labute approximate surface area is 155 Å². The van der Waals surface area contributed by atoms with E-state index in [1.807, 2.05) is 0 Å². The largest absolute Gasteiger partial charge is 0.435 e. The molecule has 1 aliphatic heterocycles. The SMILES string of the molecule is CS(=O)(=O)c1ccc(N2CCOC(c3ccc(OC(F)F)cc3)C2)c(F)c1. The molecule has 2 aromatic carbocycles. The number of alkyl halides is 2. The summed E-state index contributed by atoms with van der Waals surface area (Å²) in [7, 11) is -3.49. The van der Waals surface area contributed by atoms with E-state index in [1.165, 1.54) is 24.3 Å². The molecule has 0 saturated carbocycles. The van der Waals surface area contributed by atoms with Gasteiger partial charge in [0.1, 0.15) is 17.7 Å². The zero-order valence-corrected chi connectivity index (χ0v) is 15.3. The second kappa shape index (κ2) is 7.77. The molecule has 0 aliphatic carbocycles. The van der Waals surface area contributed by atoms with Gasteiger partial charge in [-0.3, -0.25) is 0 Å². The predicted octanol–water partition coefficient (Wildman–Crippen LogP) is 3.41. The maximum absolute atomic E-state index is 14.4. The Bertz CT molecular complexity index is 903. The molecule has 146 valence electrons. The minimum Gasteiger partial charge on any atom is -0.435 e. The third-order valence-corrected chi connectivity index (χ3v) is 5.34. The van der Waals surface area contributed by atoms with Gasteiger partial charge < -0.3 is 14.4 Å². The van der Waals surface area contributed by atoms with Gasteiger partial charge in [0, 0.05) is 19.3 Å². The molecule has 5 nitrogen and oxygen atoms in total. The second-order valence-corrected chi connectivity index (χ2v) is 8.15. The second-order valence-electron chi connectivity index (χ2n) is 6.14. The van der Waals surface area contributed by atoms with Crippen molar-refractivity contribution in [3.63, 3.8) is 0 Å². The molecule has 1 atom stereocenters. The van der Waals surface area contributed by atoms with Gasteiger partial charge in [0.05, 0.1) is 17.2 Å². The van der Waals surface area contributed by atoms with E-state index < -0.39 is 22.3 Å². The summed E-state index contributed by atoms with van der Waals surface area (Å²) in [6, 6.07) is 9.90. The van der Waals surface area contributed by atoms with Crippen molar-refractivity contribution in [2.24, 2.45) is 0 Å². The smallest absolute Gasteiger partial charge is 0.387 e. The average molecular weight is 401 g/mol. The van der Waals surface area contributed by atoms with Crippen LogP contribution in [-0.2, 0) is 14.6 Å². The molecule has 3 rings (SSSR count). The third kappa shape index (κ3) is 4.72. The van der Waals surface area contributed by atoms with Gasteiger partial charge in [-0.15, -0.1) is 0 Å². The molecule has 0 bridgehead atoms. The molecule has 2 aromatic rings. The number of hydrogen-bond donors (Lipinski definition) is 0. The third-order valence-electron chi connectivity index (χ3n) is 4.23. The van der Waals surface area contributed by atoms with Gasteiger partial charge >= 0.3 is 6.61 Å². The maximum Gasteiger partial charge on any atom is 0.387 e. The van der Waals surface area contributed by atoms with Crippen LogP contribution >= 0.6 is 0 Å². The molecule has 0 spiro atoms. The summed E-state index contributed by atoms with van der Waals surface area (Å²) < 4.78 is 72.0. The van der Waals surface area contributed by atoms with Gasteiger partial charge in [-0.05, 0) is 35.9 Å². The summed E-state index contributed by atoms with van der Waals surface area (Å²) in [5.41, 5.74) is 1.03. The summed E-state index contributed by atoms with van der Waals surface area (Å²) in [6.45, 7) is -1.77. The number of sulfone groups is 1. The number of hydrogen-bond acceptors (Lipinski definition) is 5. The molecule has 0 N–H and O–H groups in total. The molecule has 1 saturated heterocycles. The van der Waals surface area contributed by atoms with Crippen molar-refractivity contribution in [3.05, 3.63) is 53.8 Å². The molecule has 27 heavy (non-hydrogen) atoms. The fourth-order valence-corrected chi connectivity index (χ4v) is 3.54. The number of nitrogens with zero attached hydrogens (tertiary/aromatic N) is 1. The van der Waals surface area contributed by atoms with Crippen LogP contribution in [0.1, 0.15) is 11.7 Å². The van der Waals surface area contributed by atoms with Crippen molar-refractivity contribution >= 4 is 15.5 Å². The first-order chi connectivity index (χ1) is 12.7. The minimum absolute atomic E-state index is 0.0452.